The fourth-order valence-corrected chi connectivity index (χ4v) is 4.36. The van der Waals surface area contributed by atoms with Crippen LogP contribution < -0.4 is 10.2 Å². The van der Waals surface area contributed by atoms with Crippen molar-refractivity contribution >= 4 is 23.0 Å². The van der Waals surface area contributed by atoms with Gasteiger partial charge in [0.25, 0.3) is 0 Å². The number of ether oxygens (including phenoxy) is 2. The molecular weight excluding hydrogens is 408 g/mol. The summed E-state index contributed by atoms with van der Waals surface area (Å²) in [5, 5.41) is 9.78. The lowest BCUT2D eigenvalue weighted by atomic mass is 9.77. The quantitative estimate of drug-likeness (QED) is 0.242. The molecule has 1 aliphatic carbocycles. The highest BCUT2D eigenvalue weighted by Gasteiger charge is 2.33. The molecule has 7 nitrogen and oxygen atoms in total. The van der Waals surface area contributed by atoms with Crippen LogP contribution in [0.15, 0.2) is 60.7 Å². The minimum atomic E-state index is -1.17. The van der Waals surface area contributed by atoms with Gasteiger partial charge in [0.15, 0.2) is 0 Å². The van der Waals surface area contributed by atoms with Crippen LogP contribution in [0.3, 0.4) is 0 Å². The van der Waals surface area contributed by atoms with Gasteiger partial charge in [-0.2, -0.15) is 0 Å². The fraction of sp³-hybridized carbons (Fsp3) is 0.320. The lowest BCUT2D eigenvalue weighted by Gasteiger charge is -2.28. The van der Waals surface area contributed by atoms with Crippen molar-refractivity contribution in [2.24, 2.45) is 5.92 Å². The van der Waals surface area contributed by atoms with E-state index >= 15 is 0 Å². The summed E-state index contributed by atoms with van der Waals surface area (Å²) in [6.45, 7) is 0.328. The first kappa shape index (κ1) is 21.8. The first-order valence-electron chi connectivity index (χ1n) is 10.9. The number of hydroxylamine groups is 1. The first-order valence-corrected chi connectivity index (χ1v) is 10.9. The zero-order valence-corrected chi connectivity index (χ0v) is 17.7. The molecule has 1 atom stereocenters. The number of rotatable bonds is 6. The van der Waals surface area contributed by atoms with Crippen LogP contribution >= 0.6 is 0 Å². The van der Waals surface area contributed by atoms with Gasteiger partial charge in [0.05, 0.1) is 17.1 Å². The number of esters is 1. The summed E-state index contributed by atoms with van der Waals surface area (Å²) in [4.78, 5) is 28.7. The summed E-state index contributed by atoms with van der Waals surface area (Å²) < 4.78 is 10.6. The van der Waals surface area contributed by atoms with E-state index in [1.165, 1.54) is 5.48 Å². The van der Waals surface area contributed by atoms with Crippen LogP contribution in [0, 0.1) is 5.92 Å². The maximum Gasteiger partial charge on any atom is 0.438 e. The van der Waals surface area contributed by atoms with Gasteiger partial charge in [-0.15, -0.1) is 0 Å². The van der Waals surface area contributed by atoms with Crippen LogP contribution in [0.25, 0.3) is 10.9 Å². The lowest BCUT2D eigenvalue weighted by molar-refractivity contribution is -0.141. The summed E-state index contributed by atoms with van der Waals surface area (Å²) >= 11 is 0. The molecule has 1 saturated carbocycles. The number of pyridine rings is 1. The molecule has 1 aromatic heterocycles. The second kappa shape index (κ2) is 10.2. The van der Waals surface area contributed by atoms with Crippen LogP contribution in [-0.4, -0.2) is 22.3 Å². The van der Waals surface area contributed by atoms with Gasteiger partial charge in [-0.1, -0.05) is 55.7 Å². The topological polar surface area (TPSA) is 97.8 Å². The Hall–Kier alpha value is -3.45. The second-order valence-corrected chi connectivity index (χ2v) is 8.05. The number of aromatic nitrogens is 1. The number of nitrogens with one attached hydrogen (secondary N) is 1. The van der Waals surface area contributed by atoms with Crippen molar-refractivity contribution in [3.05, 3.63) is 71.9 Å². The Balaban J connectivity index is 1.46. The third kappa shape index (κ3) is 5.23. The molecule has 3 aromatic rings. The maximum atomic E-state index is 12.7. The number of benzene rings is 2. The minimum Gasteiger partial charge on any atom is -0.487 e. The molecule has 1 fully saturated rings. The Morgan fingerprint density at radius 3 is 2.50 bits per heavy atom. The van der Waals surface area contributed by atoms with E-state index in [2.05, 4.69) is 4.98 Å². The Morgan fingerprint density at radius 1 is 1.00 bits per heavy atom. The van der Waals surface area contributed by atoms with Crippen molar-refractivity contribution in [2.45, 2.75) is 44.6 Å². The zero-order valence-electron chi connectivity index (χ0n) is 17.7. The van der Waals surface area contributed by atoms with Crippen LogP contribution in [-0.2, 0) is 16.1 Å². The number of para-hydroxylation sites is 1. The Labute approximate surface area is 186 Å². The van der Waals surface area contributed by atoms with Gasteiger partial charge in [-0.3, -0.25) is 10.0 Å². The number of carbonyl (C=O) groups excluding carboxylic acids is 2. The number of amides is 1. The summed E-state index contributed by atoms with van der Waals surface area (Å²) in [5.41, 5.74) is 3.86. The van der Waals surface area contributed by atoms with E-state index in [9.17, 15) is 9.59 Å². The summed E-state index contributed by atoms with van der Waals surface area (Å²) in [7, 11) is 0. The van der Waals surface area contributed by atoms with E-state index in [0.717, 1.165) is 54.3 Å². The molecular formula is C25H26N2O5. The van der Waals surface area contributed by atoms with Gasteiger partial charge in [0, 0.05) is 5.39 Å². The molecule has 7 heteroatoms. The predicted molar refractivity (Wildman–Crippen MR) is 118 cm³/mol. The third-order valence-electron chi connectivity index (χ3n) is 5.94. The molecule has 0 bridgehead atoms. The summed E-state index contributed by atoms with van der Waals surface area (Å²) in [6, 6.07) is 19.2. The summed E-state index contributed by atoms with van der Waals surface area (Å²) in [6.07, 6.45) is 3.85. The second-order valence-electron chi connectivity index (χ2n) is 8.05. The van der Waals surface area contributed by atoms with E-state index in [1.54, 1.807) is 0 Å². The molecule has 1 aliphatic rings. The van der Waals surface area contributed by atoms with Crippen molar-refractivity contribution in [2.75, 3.05) is 0 Å². The molecule has 0 saturated heterocycles. The van der Waals surface area contributed by atoms with Crippen molar-refractivity contribution in [3.8, 4) is 5.75 Å². The van der Waals surface area contributed by atoms with Gasteiger partial charge in [0.1, 0.15) is 12.4 Å². The van der Waals surface area contributed by atoms with Gasteiger partial charge in [-0.05, 0) is 48.6 Å². The monoisotopic (exact) mass is 434 g/mol. The SMILES string of the molecule is O=C(NO)OC(=O)C(c1ccc(OCc2ccc3ccccc3n2)cc1)C1CCCCC1. The molecule has 1 unspecified atom stereocenters. The van der Waals surface area contributed by atoms with Crippen molar-refractivity contribution in [1.82, 2.24) is 10.5 Å². The van der Waals surface area contributed by atoms with Gasteiger partial charge >= 0.3 is 12.1 Å². The summed E-state index contributed by atoms with van der Waals surface area (Å²) in [5.74, 6) is -0.467. The van der Waals surface area contributed by atoms with E-state index in [-0.39, 0.29) is 5.92 Å². The highest BCUT2D eigenvalue weighted by molar-refractivity contribution is 5.88. The standard InChI is InChI=1S/C25H26N2O5/c28-24(32-25(29)27-30)23(18-7-2-1-3-8-18)19-11-14-21(15-12-19)31-16-20-13-10-17-6-4-5-9-22(17)26-20/h4-6,9-15,18,23,30H,1-3,7-8,16H2,(H,27,29). The Kier molecular flexibility index (Phi) is 6.97. The van der Waals surface area contributed by atoms with E-state index in [0.29, 0.717) is 12.4 Å². The molecule has 1 amide bonds. The lowest BCUT2D eigenvalue weighted by Crippen LogP contribution is -2.31. The average molecular weight is 434 g/mol. The maximum absolute atomic E-state index is 12.7. The number of hydrogen-bond acceptors (Lipinski definition) is 6. The van der Waals surface area contributed by atoms with Gasteiger partial charge in [0.2, 0.25) is 0 Å². The van der Waals surface area contributed by atoms with Gasteiger partial charge in [-0.25, -0.2) is 15.3 Å². The van der Waals surface area contributed by atoms with Crippen LogP contribution in [0.4, 0.5) is 4.79 Å². The van der Waals surface area contributed by atoms with Crippen LogP contribution in [0.1, 0.15) is 49.3 Å². The zero-order chi connectivity index (χ0) is 22.3. The highest BCUT2D eigenvalue weighted by Crippen LogP contribution is 2.37. The molecule has 0 spiro atoms. The van der Waals surface area contributed by atoms with Crippen molar-refractivity contribution < 1.29 is 24.3 Å². The van der Waals surface area contributed by atoms with E-state index < -0.39 is 18.0 Å². The number of carbonyl (C=O) groups is 2. The van der Waals surface area contributed by atoms with E-state index in [1.807, 2.05) is 60.7 Å². The number of nitrogens with zero attached hydrogens (tertiary/aromatic N) is 1. The smallest absolute Gasteiger partial charge is 0.438 e. The van der Waals surface area contributed by atoms with Crippen molar-refractivity contribution in [3.63, 3.8) is 0 Å². The first-order chi connectivity index (χ1) is 15.6. The Morgan fingerprint density at radius 2 is 1.75 bits per heavy atom. The number of fused-ring (bicyclic) bond motifs is 1. The molecule has 4 rings (SSSR count). The molecule has 1 heterocycles. The normalized spacial score (nSPS) is 15.2. The van der Waals surface area contributed by atoms with Crippen LogP contribution in [0.2, 0.25) is 0 Å². The van der Waals surface area contributed by atoms with Crippen molar-refractivity contribution in [1.29, 1.82) is 0 Å². The molecule has 2 N–H and O–H groups in total. The number of hydrogen-bond donors (Lipinski definition) is 2. The molecule has 0 radical (unpaired) electrons. The average Bonchev–Trinajstić information content (AvgIpc) is 2.84. The molecule has 0 aliphatic heterocycles. The van der Waals surface area contributed by atoms with Gasteiger partial charge < -0.3 is 9.47 Å². The van der Waals surface area contributed by atoms with Crippen LogP contribution in [0.5, 0.6) is 5.75 Å². The molecule has 2 aromatic carbocycles. The third-order valence-corrected chi connectivity index (χ3v) is 5.94. The Bertz CT molecular complexity index is 1080. The fourth-order valence-electron chi connectivity index (χ4n) is 4.36. The predicted octanol–water partition coefficient (Wildman–Crippen LogP) is 5.12. The highest BCUT2D eigenvalue weighted by atomic mass is 16.6. The molecule has 166 valence electrons. The van der Waals surface area contributed by atoms with E-state index in [4.69, 9.17) is 14.7 Å². The molecule has 32 heavy (non-hydrogen) atoms. The minimum absolute atomic E-state index is 0.0938. The largest absolute Gasteiger partial charge is 0.487 e.